The van der Waals surface area contributed by atoms with Crippen molar-refractivity contribution in [3.05, 3.63) is 35.4 Å². The summed E-state index contributed by atoms with van der Waals surface area (Å²) in [5, 5.41) is 0. The topological polar surface area (TPSA) is 71.1 Å². The third-order valence-corrected chi connectivity index (χ3v) is 2.27. The van der Waals surface area contributed by atoms with Gasteiger partial charge >= 0.3 is 11.9 Å². The molecule has 20 heavy (non-hydrogen) atoms. The van der Waals surface area contributed by atoms with E-state index in [-0.39, 0.29) is 36.1 Å². The monoisotopic (exact) mass is 322 g/mol. The zero-order chi connectivity index (χ0) is 14.8. The largest absolute Gasteiger partial charge is 0.373 e. The Kier molecular flexibility index (Phi) is 7.98. The van der Waals surface area contributed by atoms with Crippen LogP contribution in [0.25, 0.3) is 0 Å². The van der Waals surface area contributed by atoms with Crippen LogP contribution in [-0.4, -0.2) is 36.9 Å². The van der Waals surface area contributed by atoms with Gasteiger partial charge in [-0.3, -0.25) is 9.78 Å². The Morgan fingerprint density at radius 1 is 0.850 bits per heavy atom. The lowest BCUT2D eigenvalue weighted by Gasteiger charge is -2.07. The average molecular weight is 323 g/mol. The summed E-state index contributed by atoms with van der Waals surface area (Å²) >= 11 is 10.7. The lowest BCUT2D eigenvalue weighted by Crippen LogP contribution is -2.15. The third-order valence-electron chi connectivity index (χ3n) is 1.96. The second kappa shape index (κ2) is 9.55. The Labute approximate surface area is 125 Å². The van der Waals surface area contributed by atoms with Crippen molar-refractivity contribution in [2.45, 2.75) is 0 Å². The molecule has 1 aromatic rings. The molecule has 0 heterocycles. The minimum absolute atomic E-state index is 0.0125. The summed E-state index contributed by atoms with van der Waals surface area (Å²) in [6, 6.07) is 5.91. The van der Waals surface area contributed by atoms with E-state index >= 15 is 0 Å². The maximum atomic E-state index is 11.7. The van der Waals surface area contributed by atoms with Crippen molar-refractivity contribution in [2.75, 3.05) is 25.0 Å². The summed E-state index contributed by atoms with van der Waals surface area (Å²) < 4.78 is 0. The van der Waals surface area contributed by atoms with Crippen LogP contribution in [0.4, 0.5) is 0 Å². The van der Waals surface area contributed by atoms with Crippen LogP contribution in [0.15, 0.2) is 24.3 Å². The van der Waals surface area contributed by atoms with Crippen LogP contribution < -0.4 is 0 Å². The zero-order valence-corrected chi connectivity index (χ0v) is 11.9. The Morgan fingerprint density at radius 3 is 1.60 bits per heavy atom. The molecule has 0 fully saturated rings. The van der Waals surface area contributed by atoms with Crippen molar-refractivity contribution in [3.8, 4) is 0 Å². The fraction of sp³-hybridized carbons (Fsp3) is 0.333. The van der Waals surface area contributed by atoms with E-state index in [9.17, 15) is 9.59 Å². The number of hydrogen-bond acceptors (Lipinski definition) is 6. The molecule has 0 aliphatic rings. The van der Waals surface area contributed by atoms with Gasteiger partial charge in [0.25, 0.3) is 0 Å². The Hall–Kier alpha value is -1.34. The van der Waals surface area contributed by atoms with Crippen molar-refractivity contribution in [1.82, 2.24) is 0 Å². The van der Waals surface area contributed by atoms with Crippen LogP contribution in [0.1, 0.15) is 20.7 Å². The first-order valence-corrected chi connectivity index (χ1v) is 6.66. The van der Waals surface area contributed by atoms with Gasteiger partial charge in [0.05, 0.1) is 22.9 Å². The molecular formula is C12H12Cl2O6. The molecule has 0 saturated carbocycles. The molecule has 110 valence electrons. The molecule has 0 bridgehead atoms. The summed E-state index contributed by atoms with van der Waals surface area (Å²) in [4.78, 5) is 41.5. The average Bonchev–Trinajstić information content (AvgIpc) is 2.47. The second-order valence-electron chi connectivity index (χ2n) is 3.31. The molecule has 0 aliphatic heterocycles. The van der Waals surface area contributed by atoms with Crippen LogP contribution in [-0.2, 0) is 19.6 Å². The molecule has 0 aliphatic carbocycles. The van der Waals surface area contributed by atoms with Crippen LogP contribution in [0.2, 0.25) is 0 Å². The maximum Gasteiger partial charge on any atom is 0.373 e. The van der Waals surface area contributed by atoms with Crippen molar-refractivity contribution in [3.63, 3.8) is 0 Å². The number of carbonyl (C=O) groups is 2. The van der Waals surface area contributed by atoms with Crippen LogP contribution >= 0.6 is 23.2 Å². The number of carbonyl (C=O) groups excluding carboxylic acids is 2. The van der Waals surface area contributed by atoms with E-state index in [1.54, 1.807) is 12.1 Å². The van der Waals surface area contributed by atoms with Crippen molar-refractivity contribution in [2.24, 2.45) is 0 Å². The summed E-state index contributed by atoms with van der Waals surface area (Å²) in [6.07, 6.45) is 0. The highest BCUT2D eigenvalue weighted by Gasteiger charge is 2.20. The standard InChI is InChI=1S/C12H12Cl2O6/c13-5-7-17-19-11(15)9-3-1-2-4-10(9)12(16)20-18-8-6-14/h1-4H,5-8H2. The number of hydrogen-bond donors (Lipinski definition) is 0. The smallest absolute Gasteiger partial charge is 0.293 e. The third kappa shape index (κ3) is 5.34. The highest BCUT2D eigenvalue weighted by Crippen LogP contribution is 2.12. The van der Waals surface area contributed by atoms with E-state index in [0.29, 0.717) is 0 Å². The lowest BCUT2D eigenvalue weighted by molar-refractivity contribution is -0.238. The van der Waals surface area contributed by atoms with Crippen molar-refractivity contribution < 1.29 is 29.1 Å². The van der Waals surface area contributed by atoms with Gasteiger partial charge in [-0.15, -0.1) is 23.2 Å². The summed E-state index contributed by atoms with van der Waals surface area (Å²) in [6.45, 7) is 0.0808. The number of rotatable bonds is 8. The highest BCUT2D eigenvalue weighted by atomic mass is 35.5. The van der Waals surface area contributed by atoms with Gasteiger partial charge in [-0.05, 0) is 12.1 Å². The van der Waals surface area contributed by atoms with E-state index in [0.717, 1.165) is 0 Å². The van der Waals surface area contributed by atoms with E-state index in [2.05, 4.69) is 19.6 Å². The van der Waals surface area contributed by atoms with E-state index < -0.39 is 11.9 Å². The van der Waals surface area contributed by atoms with Crippen LogP contribution in [0.5, 0.6) is 0 Å². The molecule has 6 nitrogen and oxygen atoms in total. The van der Waals surface area contributed by atoms with E-state index in [1.165, 1.54) is 12.1 Å². The molecule has 0 spiro atoms. The van der Waals surface area contributed by atoms with Gasteiger partial charge in [-0.1, -0.05) is 12.1 Å². The van der Waals surface area contributed by atoms with Crippen molar-refractivity contribution in [1.29, 1.82) is 0 Å². The molecule has 0 aromatic heterocycles. The van der Waals surface area contributed by atoms with Gasteiger partial charge < -0.3 is 0 Å². The molecule has 1 rings (SSSR count). The van der Waals surface area contributed by atoms with Crippen LogP contribution in [0.3, 0.4) is 0 Å². The first kappa shape index (κ1) is 16.7. The van der Waals surface area contributed by atoms with Crippen LogP contribution in [0, 0.1) is 0 Å². The normalized spacial score (nSPS) is 10.1. The fourth-order valence-corrected chi connectivity index (χ4v) is 1.31. The fourth-order valence-electron chi connectivity index (χ4n) is 1.18. The summed E-state index contributed by atoms with van der Waals surface area (Å²) in [5.74, 6) is -1.33. The van der Waals surface area contributed by atoms with Gasteiger partial charge in [0, 0.05) is 0 Å². The number of benzene rings is 1. The second-order valence-corrected chi connectivity index (χ2v) is 4.07. The van der Waals surface area contributed by atoms with E-state index in [1.807, 2.05) is 0 Å². The Bertz CT molecular complexity index is 410. The highest BCUT2D eigenvalue weighted by molar-refractivity contribution is 6.18. The lowest BCUT2D eigenvalue weighted by atomic mass is 10.1. The molecule has 0 radical (unpaired) electrons. The summed E-state index contributed by atoms with van der Waals surface area (Å²) in [7, 11) is 0. The molecule has 0 unspecified atom stereocenters. The molecule has 0 N–H and O–H groups in total. The maximum absolute atomic E-state index is 11.7. The van der Waals surface area contributed by atoms with Gasteiger partial charge in [-0.25, -0.2) is 9.59 Å². The predicted molar refractivity (Wildman–Crippen MR) is 70.6 cm³/mol. The molecule has 0 amide bonds. The van der Waals surface area contributed by atoms with Gasteiger partial charge in [0.2, 0.25) is 0 Å². The van der Waals surface area contributed by atoms with Gasteiger partial charge in [0.15, 0.2) is 0 Å². The number of alkyl halides is 2. The molecule has 0 saturated heterocycles. The number of halogens is 2. The summed E-state index contributed by atoms with van der Waals surface area (Å²) in [5.41, 5.74) is -0.0249. The Balaban J connectivity index is 2.71. The molecule has 8 heteroatoms. The van der Waals surface area contributed by atoms with Gasteiger partial charge in [0.1, 0.15) is 13.2 Å². The Morgan fingerprint density at radius 2 is 1.25 bits per heavy atom. The molecule has 1 aromatic carbocycles. The SMILES string of the molecule is O=C(OOCCCl)c1ccccc1C(=O)OOCCCl. The van der Waals surface area contributed by atoms with Gasteiger partial charge in [-0.2, -0.15) is 9.78 Å². The zero-order valence-electron chi connectivity index (χ0n) is 10.3. The minimum Gasteiger partial charge on any atom is -0.293 e. The van der Waals surface area contributed by atoms with E-state index in [4.69, 9.17) is 23.2 Å². The first-order valence-electron chi connectivity index (χ1n) is 5.59. The predicted octanol–water partition coefficient (Wildman–Crippen LogP) is 2.34. The minimum atomic E-state index is -0.833. The first-order chi connectivity index (χ1) is 9.70. The van der Waals surface area contributed by atoms with Crippen molar-refractivity contribution >= 4 is 35.1 Å². The molecule has 0 atom stereocenters. The molecular weight excluding hydrogens is 311 g/mol. The quantitative estimate of drug-likeness (QED) is 0.316.